The Hall–Kier alpha value is -3.15. The predicted molar refractivity (Wildman–Crippen MR) is 128 cm³/mol. The molecule has 0 aliphatic carbocycles. The fraction of sp³-hybridized carbons (Fsp3) is 0.125. The van der Waals surface area contributed by atoms with Crippen LogP contribution in [0.15, 0.2) is 77.6 Å². The highest BCUT2D eigenvalue weighted by atomic mass is 35.5. The van der Waals surface area contributed by atoms with Crippen LogP contribution in [0, 0.1) is 0 Å². The summed E-state index contributed by atoms with van der Waals surface area (Å²) in [6.45, 7) is 0.832. The molecule has 2 aromatic carbocycles. The molecule has 0 atom stereocenters. The smallest absolute Gasteiger partial charge is 0.308 e. The Morgan fingerprint density at radius 1 is 0.968 bits per heavy atom. The summed E-state index contributed by atoms with van der Waals surface area (Å²) in [5.41, 5.74) is 5.52. The number of benzene rings is 2. The number of pyridine rings is 1. The van der Waals surface area contributed by atoms with E-state index < -0.39 is 0 Å². The number of nitrogens with one attached hydrogen (secondary N) is 2. The minimum atomic E-state index is -0.359. The second kappa shape index (κ2) is 9.77. The van der Waals surface area contributed by atoms with Crippen LogP contribution in [0.4, 0.5) is 16.2 Å². The molecule has 0 spiro atoms. The van der Waals surface area contributed by atoms with E-state index in [0.29, 0.717) is 21.4 Å². The average molecular weight is 451 g/mol. The van der Waals surface area contributed by atoms with Crippen LogP contribution in [-0.4, -0.2) is 23.3 Å². The average Bonchev–Trinajstić information content (AvgIpc) is 2.79. The van der Waals surface area contributed by atoms with Crippen LogP contribution in [-0.2, 0) is 0 Å². The monoisotopic (exact) mass is 450 g/mol. The highest BCUT2D eigenvalue weighted by Crippen LogP contribution is 2.25. The van der Waals surface area contributed by atoms with Gasteiger partial charge in [0, 0.05) is 35.9 Å². The van der Waals surface area contributed by atoms with Gasteiger partial charge in [-0.1, -0.05) is 35.3 Å². The number of amides is 2. The number of allylic oxidation sites excluding steroid dienone is 1. The van der Waals surface area contributed by atoms with E-state index in [0.717, 1.165) is 36.2 Å². The molecule has 156 valence electrons. The number of aliphatic imine (C=N–C) groups is 1. The van der Waals surface area contributed by atoms with Gasteiger partial charge in [-0.15, -0.1) is 0 Å². The summed E-state index contributed by atoms with van der Waals surface area (Å²) in [6.07, 6.45) is 7.76. The van der Waals surface area contributed by atoms with Gasteiger partial charge in [0.2, 0.25) is 0 Å². The van der Waals surface area contributed by atoms with Crippen LogP contribution >= 0.6 is 23.2 Å². The van der Waals surface area contributed by atoms with Gasteiger partial charge in [0.05, 0.1) is 15.8 Å². The summed E-state index contributed by atoms with van der Waals surface area (Å²) in [7, 11) is 0. The molecular weight excluding hydrogens is 431 g/mol. The third kappa shape index (κ3) is 5.51. The minimum Gasteiger partial charge on any atom is -0.308 e. The standard InChI is InChI=1S/C24H20Cl2N4O/c25-21-10-9-20(14-22(21)26)30-24(31)29-19-7-5-16(6-8-19)13-17-3-2-12-28-23(17)18-4-1-11-27-15-18/h1,4-11,13-15H,2-3,12H2,(H2,29,30,31)/b17-13+. The molecule has 1 aliphatic rings. The van der Waals surface area contributed by atoms with E-state index in [9.17, 15) is 4.79 Å². The fourth-order valence-electron chi connectivity index (χ4n) is 3.33. The van der Waals surface area contributed by atoms with E-state index >= 15 is 0 Å². The topological polar surface area (TPSA) is 66.4 Å². The molecule has 1 aromatic heterocycles. The van der Waals surface area contributed by atoms with Crippen molar-refractivity contribution in [2.45, 2.75) is 12.8 Å². The number of carbonyl (C=O) groups is 1. The van der Waals surface area contributed by atoms with Crippen molar-refractivity contribution in [1.82, 2.24) is 4.98 Å². The lowest BCUT2D eigenvalue weighted by molar-refractivity contribution is 0.262. The van der Waals surface area contributed by atoms with Gasteiger partial charge in [0.1, 0.15) is 0 Å². The molecule has 2 heterocycles. The van der Waals surface area contributed by atoms with Crippen LogP contribution in [0.5, 0.6) is 0 Å². The van der Waals surface area contributed by atoms with E-state index in [1.165, 1.54) is 5.57 Å². The maximum Gasteiger partial charge on any atom is 0.323 e. The van der Waals surface area contributed by atoms with Crippen LogP contribution < -0.4 is 10.6 Å². The van der Waals surface area contributed by atoms with Gasteiger partial charge in [0.15, 0.2) is 0 Å². The second-order valence-corrected chi connectivity index (χ2v) is 7.89. The summed E-state index contributed by atoms with van der Waals surface area (Å²) < 4.78 is 0. The van der Waals surface area contributed by atoms with Crippen molar-refractivity contribution in [2.24, 2.45) is 4.99 Å². The molecule has 5 nitrogen and oxygen atoms in total. The molecule has 1 aliphatic heterocycles. The van der Waals surface area contributed by atoms with Crippen molar-refractivity contribution in [3.63, 3.8) is 0 Å². The van der Waals surface area contributed by atoms with E-state index in [4.69, 9.17) is 28.2 Å². The van der Waals surface area contributed by atoms with Crippen LogP contribution in [0.2, 0.25) is 10.0 Å². The van der Waals surface area contributed by atoms with Gasteiger partial charge in [0.25, 0.3) is 0 Å². The molecule has 7 heteroatoms. The Bertz CT molecular complexity index is 1140. The number of hydrogen-bond donors (Lipinski definition) is 2. The summed E-state index contributed by atoms with van der Waals surface area (Å²) >= 11 is 11.9. The van der Waals surface area contributed by atoms with Crippen molar-refractivity contribution in [1.29, 1.82) is 0 Å². The lowest BCUT2D eigenvalue weighted by Crippen LogP contribution is -2.19. The number of urea groups is 1. The molecule has 0 radical (unpaired) electrons. The number of rotatable bonds is 4. The quantitative estimate of drug-likeness (QED) is 0.464. The summed E-state index contributed by atoms with van der Waals surface area (Å²) in [4.78, 5) is 21.2. The number of carbonyl (C=O) groups excluding carboxylic acids is 1. The largest absolute Gasteiger partial charge is 0.323 e. The van der Waals surface area contributed by atoms with Crippen molar-refractivity contribution in [3.05, 3.63) is 93.7 Å². The third-order valence-corrected chi connectivity index (χ3v) is 5.54. The molecule has 2 amide bonds. The van der Waals surface area contributed by atoms with E-state index in [-0.39, 0.29) is 6.03 Å². The number of hydrogen-bond acceptors (Lipinski definition) is 3. The SMILES string of the molecule is O=C(Nc1ccc(/C=C2\CCCN=C2c2cccnc2)cc1)Nc1ccc(Cl)c(Cl)c1. The van der Waals surface area contributed by atoms with E-state index in [2.05, 4.69) is 21.7 Å². The molecular formula is C24H20Cl2N4O. The number of nitrogens with zero attached hydrogens (tertiary/aromatic N) is 2. The first-order valence-corrected chi connectivity index (χ1v) is 10.6. The molecule has 0 saturated carbocycles. The summed E-state index contributed by atoms with van der Waals surface area (Å²) in [5, 5.41) is 6.37. The van der Waals surface area contributed by atoms with Crippen molar-refractivity contribution in [2.75, 3.05) is 17.2 Å². The Balaban J connectivity index is 1.44. The molecule has 0 saturated heterocycles. The van der Waals surface area contributed by atoms with E-state index in [1.54, 1.807) is 24.4 Å². The lowest BCUT2D eigenvalue weighted by atomic mass is 9.95. The lowest BCUT2D eigenvalue weighted by Gasteiger charge is -2.16. The zero-order valence-electron chi connectivity index (χ0n) is 16.6. The van der Waals surface area contributed by atoms with Crippen LogP contribution in [0.25, 0.3) is 6.08 Å². The normalized spacial score (nSPS) is 14.8. The predicted octanol–water partition coefficient (Wildman–Crippen LogP) is 6.70. The Kier molecular flexibility index (Phi) is 6.65. The summed E-state index contributed by atoms with van der Waals surface area (Å²) in [5.74, 6) is 0. The van der Waals surface area contributed by atoms with Crippen molar-refractivity contribution in [3.8, 4) is 0 Å². The van der Waals surface area contributed by atoms with Crippen LogP contribution in [0.3, 0.4) is 0 Å². The maximum atomic E-state index is 12.2. The molecule has 3 aromatic rings. The molecule has 0 unspecified atom stereocenters. The van der Waals surface area contributed by atoms with Crippen molar-refractivity contribution >= 4 is 52.4 Å². The van der Waals surface area contributed by atoms with E-state index in [1.807, 2.05) is 42.6 Å². The van der Waals surface area contributed by atoms with Gasteiger partial charge in [-0.2, -0.15) is 0 Å². The summed E-state index contributed by atoms with van der Waals surface area (Å²) in [6, 6.07) is 16.2. The van der Waals surface area contributed by atoms with Gasteiger partial charge >= 0.3 is 6.03 Å². The van der Waals surface area contributed by atoms with Gasteiger partial charge in [-0.05, 0) is 72.5 Å². The molecule has 0 fully saturated rings. The molecule has 2 N–H and O–H groups in total. The first kappa shape index (κ1) is 21.1. The maximum absolute atomic E-state index is 12.2. The zero-order chi connectivity index (χ0) is 21.6. The number of aromatic nitrogens is 1. The zero-order valence-corrected chi connectivity index (χ0v) is 18.1. The molecule has 31 heavy (non-hydrogen) atoms. The molecule has 4 rings (SSSR count). The molecule has 0 bridgehead atoms. The fourth-order valence-corrected chi connectivity index (χ4v) is 3.63. The van der Waals surface area contributed by atoms with Crippen LogP contribution in [0.1, 0.15) is 24.0 Å². The third-order valence-electron chi connectivity index (χ3n) is 4.80. The first-order chi connectivity index (χ1) is 15.1. The number of anilines is 2. The highest BCUT2D eigenvalue weighted by Gasteiger charge is 2.14. The Morgan fingerprint density at radius 2 is 1.74 bits per heavy atom. The Labute approximate surface area is 190 Å². The van der Waals surface area contributed by atoms with Crippen molar-refractivity contribution < 1.29 is 4.79 Å². The highest BCUT2D eigenvalue weighted by molar-refractivity contribution is 6.42. The first-order valence-electron chi connectivity index (χ1n) is 9.87. The number of halogens is 2. The second-order valence-electron chi connectivity index (χ2n) is 7.08. The van der Waals surface area contributed by atoms with Gasteiger partial charge in [-0.25, -0.2) is 4.79 Å². The van der Waals surface area contributed by atoms with Gasteiger partial charge in [-0.3, -0.25) is 9.98 Å². The Morgan fingerprint density at radius 3 is 2.48 bits per heavy atom. The minimum absolute atomic E-state index is 0.359. The van der Waals surface area contributed by atoms with Gasteiger partial charge < -0.3 is 10.6 Å².